The molecule has 0 bridgehead atoms. The quantitative estimate of drug-likeness (QED) is 0.504. The predicted octanol–water partition coefficient (Wildman–Crippen LogP) is 2.96. The average molecular weight is 352 g/mol. The lowest BCUT2D eigenvalue weighted by Gasteiger charge is -2.11. The van der Waals surface area contributed by atoms with E-state index in [-0.39, 0.29) is 12.2 Å². The number of benzene rings is 2. The molecule has 0 fully saturated rings. The topological polar surface area (TPSA) is 70.4 Å². The average Bonchev–Trinajstić information content (AvgIpc) is 2.66. The van der Waals surface area contributed by atoms with Crippen LogP contribution in [0, 0.1) is 6.92 Å². The minimum absolute atomic E-state index is 0.0951. The zero-order valence-electron chi connectivity index (χ0n) is 14.8. The van der Waals surface area contributed by atoms with E-state index in [0.717, 1.165) is 5.56 Å². The fourth-order valence-electron chi connectivity index (χ4n) is 2.83. The van der Waals surface area contributed by atoms with Gasteiger partial charge in [0.25, 0.3) is 5.56 Å². The summed E-state index contributed by atoms with van der Waals surface area (Å²) in [6.07, 6.45) is 2.04. The molecular weight excluding hydrogens is 332 g/mol. The molecule has 1 aromatic heterocycles. The van der Waals surface area contributed by atoms with Gasteiger partial charge in [-0.2, -0.15) is 0 Å². The Hall–Kier alpha value is -3.15. The first-order valence-electron chi connectivity index (χ1n) is 8.36. The van der Waals surface area contributed by atoms with Crippen LogP contribution in [0.3, 0.4) is 0 Å². The first-order valence-corrected chi connectivity index (χ1v) is 8.36. The molecule has 0 aliphatic heterocycles. The Balaban J connectivity index is 1.61. The van der Waals surface area contributed by atoms with Crippen LogP contribution in [0.1, 0.15) is 22.3 Å². The molecular formula is C20H20N2O4. The van der Waals surface area contributed by atoms with Crippen molar-refractivity contribution in [3.8, 4) is 5.75 Å². The number of para-hydroxylation sites is 2. The van der Waals surface area contributed by atoms with E-state index in [1.807, 2.05) is 25.1 Å². The fraction of sp³-hybridized carbons (Fsp3) is 0.250. The van der Waals surface area contributed by atoms with E-state index >= 15 is 0 Å². The van der Waals surface area contributed by atoms with Crippen molar-refractivity contribution in [3.63, 3.8) is 0 Å². The van der Waals surface area contributed by atoms with Crippen molar-refractivity contribution < 1.29 is 14.3 Å². The minimum atomic E-state index is -0.436. The molecule has 0 atom stereocenters. The second kappa shape index (κ2) is 7.82. The summed E-state index contributed by atoms with van der Waals surface area (Å²) in [5.41, 5.74) is 1.85. The minimum Gasteiger partial charge on any atom is -0.496 e. The monoisotopic (exact) mass is 352 g/mol. The van der Waals surface area contributed by atoms with Gasteiger partial charge in [0.05, 0.1) is 30.9 Å². The van der Waals surface area contributed by atoms with E-state index in [4.69, 9.17) is 9.47 Å². The molecule has 0 saturated heterocycles. The van der Waals surface area contributed by atoms with Gasteiger partial charge in [0.1, 0.15) is 11.3 Å². The lowest BCUT2D eigenvalue weighted by molar-refractivity contribution is 0.0492. The van der Waals surface area contributed by atoms with Crippen LogP contribution < -0.4 is 10.3 Å². The second-order valence-corrected chi connectivity index (χ2v) is 5.91. The lowest BCUT2D eigenvalue weighted by Crippen LogP contribution is -2.21. The van der Waals surface area contributed by atoms with Crippen molar-refractivity contribution in [3.05, 3.63) is 70.3 Å². The zero-order valence-corrected chi connectivity index (χ0v) is 14.8. The van der Waals surface area contributed by atoms with Crippen molar-refractivity contribution in [1.29, 1.82) is 0 Å². The van der Waals surface area contributed by atoms with Gasteiger partial charge >= 0.3 is 5.97 Å². The summed E-state index contributed by atoms with van der Waals surface area (Å²) >= 11 is 0. The maximum atomic E-state index is 12.4. The summed E-state index contributed by atoms with van der Waals surface area (Å²) in [7, 11) is 1.53. The molecule has 0 aliphatic rings. The lowest BCUT2D eigenvalue weighted by atomic mass is 10.1. The largest absolute Gasteiger partial charge is 0.496 e. The number of methoxy groups -OCH3 is 1. The molecule has 6 nitrogen and oxygen atoms in total. The normalized spacial score (nSPS) is 10.7. The molecule has 3 aromatic rings. The van der Waals surface area contributed by atoms with Crippen molar-refractivity contribution >= 4 is 16.9 Å². The van der Waals surface area contributed by atoms with Crippen LogP contribution in [0.4, 0.5) is 0 Å². The zero-order chi connectivity index (χ0) is 18.5. The number of nitrogens with zero attached hydrogens (tertiary/aromatic N) is 2. The number of hydrogen-bond acceptors (Lipinski definition) is 5. The molecule has 0 amide bonds. The van der Waals surface area contributed by atoms with Crippen LogP contribution >= 0.6 is 0 Å². The molecule has 3 rings (SSSR count). The molecule has 26 heavy (non-hydrogen) atoms. The molecule has 0 N–H and O–H groups in total. The number of rotatable bonds is 6. The molecule has 0 unspecified atom stereocenters. The number of aromatic nitrogens is 2. The van der Waals surface area contributed by atoms with Crippen molar-refractivity contribution in [2.24, 2.45) is 0 Å². The van der Waals surface area contributed by atoms with Crippen molar-refractivity contribution in [1.82, 2.24) is 9.55 Å². The highest BCUT2D eigenvalue weighted by atomic mass is 16.5. The van der Waals surface area contributed by atoms with E-state index in [0.29, 0.717) is 35.2 Å². The maximum Gasteiger partial charge on any atom is 0.341 e. The molecule has 0 radical (unpaired) electrons. The number of aryl methyl sites for hydroxylation is 2. The summed E-state index contributed by atoms with van der Waals surface area (Å²) in [4.78, 5) is 28.9. The molecule has 1 heterocycles. The van der Waals surface area contributed by atoms with Gasteiger partial charge in [0.2, 0.25) is 0 Å². The first-order chi connectivity index (χ1) is 12.6. The molecule has 0 aliphatic carbocycles. The summed E-state index contributed by atoms with van der Waals surface area (Å²) in [5.74, 6) is 0.0852. The first kappa shape index (κ1) is 17.7. The summed E-state index contributed by atoms with van der Waals surface area (Å²) in [6.45, 7) is 2.50. The predicted molar refractivity (Wildman–Crippen MR) is 98.6 cm³/mol. The maximum absolute atomic E-state index is 12.4. The van der Waals surface area contributed by atoms with E-state index in [2.05, 4.69) is 4.98 Å². The highest BCUT2D eigenvalue weighted by Crippen LogP contribution is 2.23. The summed E-state index contributed by atoms with van der Waals surface area (Å²) in [6, 6.07) is 12.5. The van der Waals surface area contributed by atoms with Crippen molar-refractivity contribution in [2.45, 2.75) is 19.9 Å². The Morgan fingerprint density at radius 2 is 1.96 bits per heavy atom. The van der Waals surface area contributed by atoms with E-state index < -0.39 is 5.97 Å². The van der Waals surface area contributed by atoms with Crippen LogP contribution in [-0.4, -0.2) is 29.2 Å². The summed E-state index contributed by atoms with van der Waals surface area (Å²) < 4.78 is 12.1. The van der Waals surface area contributed by atoms with Crippen LogP contribution in [-0.2, 0) is 11.3 Å². The third-order valence-corrected chi connectivity index (χ3v) is 4.14. The Labute approximate surface area is 151 Å². The van der Waals surface area contributed by atoms with Crippen LogP contribution in [0.15, 0.2) is 53.6 Å². The van der Waals surface area contributed by atoms with Gasteiger partial charge in [-0.3, -0.25) is 9.36 Å². The van der Waals surface area contributed by atoms with Crippen LogP contribution in [0.25, 0.3) is 10.9 Å². The third-order valence-electron chi connectivity index (χ3n) is 4.14. The number of fused-ring (bicyclic) bond motifs is 1. The van der Waals surface area contributed by atoms with Gasteiger partial charge in [-0.1, -0.05) is 24.3 Å². The van der Waals surface area contributed by atoms with Crippen molar-refractivity contribution in [2.75, 3.05) is 13.7 Å². The highest BCUT2D eigenvalue weighted by molar-refractivity contribution is 5.93. The molecule has 2 aromatic carbocycles. The van der Waals surface area contributed by atoms with E-state index in [1.165, 1.54) is 18.0 Å². The molecule has 0 spiro atoms. The second-order valence-electron chi connectivity index (χ2n) is 5.91. The molecule has 0 saturated carbocycles. The number of carbonyl (C=O) groups is 1. The Bertz CT molecular complexity index is 995. The Kier molecular flexibility index (Phi) is 5.31. The number of carbonyl (C=O) groups excluding carboxylic acids is 1. The fourth-order valence-corrected chi connectivity index (χ4v) is 2.83. The SMILES string of the molecule is COc1c(C)cccc1C(=O)OCCCn1cnc2ccccc2c1=O. The van der Waals surface area contributed by atoms with Gasteiger partial charge in [0, 0.05) is 6.54 Å². The van der Waals surface area contributed by atoms with E-state index in [9.17, 15) is 9.59 Å². The van der Waals surface area contributed by atoms with Crippen LogP contribution in [0.2, 0.25) is 0 Å². The Morgan fingerprint density at radius 1 is 1.15 bits per heavy atom. The smallest absolute Gasteiger partial charge is 0.341 e. The summed E-state index contributed by atoms with van der Waals surface area (Å²) in [5, 5.41) is 0.580. The van der Waals surface area contributed by atoms with Gasteiger partial charge in [-0.15, -0.1) is 0 Å². The third kappa shape index (κ3) is 3.59. The van der Waals surface area contributed by atoms with E-state index in [1.54, 1.807) is 24.3 Å². The molecule has 6 heteroatoms. The Morgan fingerprint density at radius 3 is 2.77 bits per heavy atom. The van der Waals surface area contributed by atoms with Gasteiger partial charge in [-0.25, -0.2) is 9.78 Å². The molecule has 134 valence electrons. The number of esters is 1. The number of ether oxygens (including phenoxy) is 2. The van der Waals surface area contributed by atoms with Gasteiger partial charge in [0.15, 0.2) is 0 Å². The van der Waals surface area contributed by atoms with Gasteiger partial charge < -0.3 is 9.47 Å². The highest BCUT2D eigenvalue weighted by Gasteiger charge is 2.15. The standard InChI is InChI=1S/C20H20N2O4/c1-14-7-5-9-16(18(14)25-2)20(24)26-12-6-11-22-13-21-17-10-4-3-8-15(17)19(22)23/h3-5,7-10,13H,6,11-12H2,1-2H3. The number of hydrogen-bond donors (Lipinski definition) is 0. The van der Waals surface area contributed by atoms with Gasteiger partial charge in [-0.05, 0) is 37.1 Å². The van der Waals surface area contributed by atoms with Crippen LogP contribution in [0.5, 0.6) is 5.75 Å².